The zero-order valence-electron chi connectivity index (χ0n) is 8.23. The van der Waals surface area contributed by atoms with Gasteiger partial charge in [0.1, 0.15) is 0 Å². The fourth-order valence-corrected chi connectivity index (χ4v) is 0.908. The van der Waals surface area contributed by atoms with E-state index in [0.29, 0.717) is 5.56 Å². The maximum atomic E-state index is 11.4. The summed E-state index contributed by atoms with van der Waals surface area (Å²) in [6.45, 7) is 1.41. The average molecular weight is 205 g/mol. The van der Waals surface area contributed by atoms with Crippen LogP contribution in [0.4, 0.5) is 0 Å². The molecule has 0 unspecified atom stereocenters. The number of carbonyl (C=O) groups is 2. The Labute approximate surface area is 87.2 Å². The Morgan fingerprint density at radius 1 is 1.27 bits per heavy atom. The molecule has 0 aliphatic carbocycles. The van der Waals surface area contributed by atoms with E-state index in [9.17, 15) is 9.59 Å². The lowest BCUT2D eigenvalue weighted by molar-refractivity contribution is -0.132. The molecule has 0 aliphatic rings. The molecule has 15 heavy (non-hydrogen) atoms. The van der Waals surface area contributed by atoms with Gasteiger partial charge in [-0.25, -0.2) is 4.79 Å². The highest BCUT2D eigenvalue weighted by atomic mass is 16.4. The van der Waals surface area contributed by atoms with E-state index >= 15 is 0 Å². The zero-order valence-corrected chi connectivity index (χ0v) is 8.23. The van der Waals surface area contributed by atoms with Gasteiger partial charge in [-0.2, -0.15) is 0 Å². The molecule has 0 heterocycles. The van der Waals surface area contributed by atoms with E-state index in [1.807, 2.05) is 0 Å². The number of carboxylic acids is 1. The monoisotopic (exact) mass is 205 g/mol. The number of rotatable bonds is 3. The predicted octanol–water partition coefficient (Wildman–Crippen LogP) is 1.40. The summed E-state index contributed by atoms with van der Waals surface area (Å²) in [7, 11) is 0. The Morgan fingerprint density at radius 2 is 1.87 bits per heavy atom. The first-order valence-electron chi connectivity index (χ1n) is 4.37. The van der Waals surface area contributed by atoms with E-state index in [4.69, 9.17) is 5.11 Å². The predicted molar refractivity (Wildman–Crippen MR) is 55.3 cm³/mol. The summed E-state index contributed by atoms with van der Waals surface area (Å²) < 4.78 is 0. The summed E-state index contributed by atoms with van der Waals surface area (Å²) in [6.07, 6.45) is 1.18. The second-order valence-corrected chi connectivity index (χ2v) is 2.97. The molecular formula is C11H11NO3. The summed E-state index contributed by atoms with van der Waals surface area (Å²) in [5, 5.41) is 10.9. The molecule has 0 bridgehead atoms. The molecule has 0 saturated carbocycles. The van der Waals surface area contributed by atoms with Crippen molar-refractivity contribution in [1.29, 1.82) is 0 Å². The average Bonchev–Trinajstić information content (AvgIpc) is 2.26. The lowest BCUT2D eigenvalue weighted by Crippen LogP contribution is -2.18. The summed E-state index contributed by atoms with van der Waals surface area (Å²) >= 11 is 0. The molecule has 0 saturated heterocycles. The minimum absolute atomic E-state index is 0.0827. The van der Waals surface area contributed by atoms with Gasteiger partial charge < -0.3 is 10.4 Å². The van der Waals surface area contributed by atoms with Crippen molar-refractivity contribution in [3.05, 3.63) is 47.7 Å². The van der Waals surface area contributed by atoms with Crippen molar-refractivity contribution in [2.75, 3.05) is 0 Å². The first-order chi connectivity index (χ1) is 7.11. The summed E-state index contributed by atoms with van der Waals surface area (Å²) in [5.41, 5.74) is 0.575. The number of hydrogen-bond donors (Lipinski definition) is 2. The Morgan fingerprint density at radius 3 is 2.40 bits per heavy atom. The Hall–Kier alpha value is -2.10. The Balaban J connectivity index is 2.66. The summed E-state index contributed by atoms with van der Waals surface area (Å²) in [6, 6.07) is 8.58. The number of amides is 1. The summed E-state index contributed by atoms with van der Waals surface area (Å²) in [4.78, 5) is 21.9. The van der Waals surface area contributed by atoms with E-state index in [1.54, 1.807) is 30.3 Å². The van der Waals surface area contributed by atoms with Crippen molar-refractivity contribution in [2.45, 2.75) is 6.92 Å². The second kappa shape index (κ2) is 4.95. The lowest BCUT2D eigenvalue weighted by Gasteiger charge is -2.00. The van der Waals surface area contributed by atoms with E-state index in [2.05, 4.69) is 5.32 Å². The van der Waals surface area contributed by atoms with Crippen LogP contribution in [-0.2, 0) is 4.79 Å². The number of carboxylic acid groups (broad SMARTS) is 1. The molecule has 4 nitrogen and oxygen atoms in total. The van der Waals surface area contributed by atoms with Crippen LogP contribution in [0.3, 0.4) is 0 Å². The van der Waals surface area contributed by atoms with Gasteiger partial charge in [0.05, 0.1) is 0 Å². The molecule has 2 N–H and O–H groups in total. The van der Waals surface area contributed by atoms with E-state index in [0.717, 1.165) is 0 Å². The maximum Gasteiger partial charge on any atom is 0.332 e. The standard InChI is InChI=1S/C11H11NO3/c1-8(11(14)15)7-12-10(13)9-5-3-2-4-6-9/h2-7H,1H3,(H,12,13)(H,14,15). The molecular weight excluding hydrogens is 194 g/mol. The Kier molecular flexibility index (Phi) is 3.62. The first kappa shape index (κ1) is 11.0. The molecule has 0 spiro atoms. The molecule has 78 valence electrons. The molecule has 1 amide bonds. The lowest BCUT2D eigenvalue weighted by atomic mass is 10.2. The maximum absolute atomic E-state index is 11.4. The van der Waals surface area contributed by atoms with Crippen LogP contribution in [0.2, 0.25) is 0 Å². The van der Waals surface area contributed by atoms with Crippen molar-refractivity contribution in [2.24, 2.45) is 0 Å². The Bertz CT molecular complexity index is 396. The highest BCUT2D eigenvalue weighted by Gasteiger charge is 2.03. The quantitative estimate of drug-likeness (QED) is 0.733. The third-order valence-corrected chi connectivity index (χ3v) is 1.79. The van der Waals surface area contributed by atoms with Gasteiger partial charge in [-0.3, -0.25) is 4.79 Å². The SMILES string of the molecule is CC(=CNC(=O)c1ccccc1)C(=O)O. The van der Waals surface area contributed by atoms with Crippen LogP contribution >= 0.6 is 0 Å². The summed E-state index contributed by atoms with van der Waals surface area (Å²) in [5.74, 6) is -1.38. The van der Waals surface area contributed by atoms with Crippen LogP contribution in [0, 0.1) is 0 Å². The number of benzene rings is 1. The van der Waals surface area contributed by atoms with Gasteiger partial charge in [-0.15, -0.1) is 0 Å². The zero-order chi connectivity index (χ0) is 11.3. The molecule has 0 radical (unpaired) electrons. The van der Waals surface area contributed by atoms with Gasteiger partial charge in [0.15, 0.2) is 0 Å². The van der Waals surface area contributed by atoms with Crippen molar-refractivity contribution in [3.8, 4) is 0 Å². The second-order valence-electron chi connectivity index (χ2n) is 2.97. The highest BCUT2D eigenvalue weighted by Crippen LogP contribution is 1.98. The largest absolute Gasteiger partial charge is 0.478 e. The van der Waals surface area contributed by atoms with E-state index in [-0.39, 0.29) is 11.5 Å². The van der Waals surface area contributed by atoms with Gasteiger partial charge in [0.2, 0.25) is 0 Å². The minimum Gasteiger partial charge on any atom is -0.478 e. The van der Waals surface area contributed by atoms with Gasteiger partial charge in [-0.05, 0) is 19.1 Å². The molecule has 1 rings (SSSR count). The van der Waals surface area contributed by atoms with Crippen LogP contribution in [-0.4, -0.2) is 17.0 Å². The van der Waals surface area contributed by atoms with Crippen LogP contribution < -0.4 is 5.32 Å². The van der Waals surface area contributed by atoms with Gasteiger partial charge in [0, 0.05) is 17.3 Å². The molecule has 0 aromatic heterocycles. The van der Waals surface area contributed by atoms with Crippen molar-refractivity contribution in [3.63, 3.8) is 0 Å². The van der Waals surface area contributed by atoms with Gasteiger partial charge >= 0.3 is 5.97 Å². The molecule has 0 fully saturated rings. The fraction of sp³-hybridized carbons (Fsp3) is 0.0909. The molecule has 4 heteroatoms. The number of hydrogen-bond acceptors (Lipinski definition) is 2. The third-order valence-electron chi connectivity index (χ3n) is 1.79. The van der Waals surface area contributed by atoms with Crippen molar-refractivity contribution in [1.82, 2.24) is 5.32 Å². The number of aliphatic carboxylic acids is 1. The molecule has 1 aromatic rings. The van der Waals surface area contributed by atoms with E-state index < -0.39 is 5.97 Å². The van der Waals surface area contributed by atoms with Crippen molar-refractivity contribution >= 4 is 11.9 Å². The minimum atomic E-state index is -1.05. The highest BCUT2D eigenvalue weighted by molar-refractivity contribution is 5.95. The van der Waals surface area contributed by atoms with E-state index in [1.165, 1.54) is 13.1 Å². The fourth-order valence-electron chi connectivity index (χ4n) is 0.908. The van der Waals surface area contributed by atoms with Gasteiger partial charge in [-0.1, -0.05) is 18.2 Å². The number of carbonyl (C=O) groups excluding carboxylic acids is 1. The van der Waals surface area contributed by atoms with Crippen LogP contribution in [0.5, 0.6) is 0 Å². The van der Waals surface area contributed by atoms with Gasteiger partial charge in [0.25, 0.3) is 5.91 Å². The molecule has 1 aromatic carbocycles. The third kappa shape index (κ3) is 3.27. The first-order valence-corrected chi connectivity index (χ1v) is 4.37. The molecule has 0 aliphatic heterocycles. The topological polar surface area (TPSA) is 66.4 Å². The van der Waals surface area contributed by atoms with Crippen LogP contribution in [0.1, 0.15) is 17.3 Å². The normalized spacial score (nSPS) is 10.9. The smallest absolute Gasteiger partial charge is 0.332 e. The van der Waals surface area contributed by atoms with Crippen molar-refractivity contribution < 1.29 is 14.7 Å². The van der Waals surface area contributed by atoms with Crippen LogP contribution in [0.25, 0.3) is 0 Å². The molecule has 0 atom stereocenters. The van der Waals surface area contributed by atoms with Crippen LogP contribution in [0.15, 0.2) is 42.1 Å². The number of nitrogens with one attached hydrogen (secondary N) is 1.